The van der Waals surface area contributed by atoms with E-state index >= 15 is 0 Å². The zero-order chi connectivity index (χ0) is 23.8. The second-order valence-corrected chi connectivity index (χ2v) is 7.43. The standard InChI is InChI=1S/C22H22ClF4NO4/c1-2-3-4-5-6-7-10-32-14-9-8-12(11-13(14)23)28-21(29)15-16(22(30)31)18(25)20(27)19(26)17(15)24/h8-9,11H,2-7,10H2,1H3,(H,28,29)(H,30,31). The molecular formula is C22H22ClF4NO4. The van der Waals surface area contributed by atoms with Gasteiger partial charge in [-0.2, -0.15) is 0 Å². The topological polar surface area (TPSA) is 75.6 Å². The van der Waals surface area contributed by atoms with Crippen molar-refractivity contribution in [3.8, 4) is 5.75 Å². The van der Waals surface area contributed by atoms with Crippen LogP contribution in [0.4, 0.5) is 23.2 Å². The summed E-state index contributed by atoms with van der Waals surface area (Å²) in [5.74, 6) is -12.2. The predicted molar refractivity (Wildman–Crippen MR) is 112 cm³/mol. The number of unbranched alkanes of at least 4 members (excludes halogenated alkanes) is 5. The van der Waals surface area contributed by atoms with Crippen LogP contribution in [0.15, 0.2) is 18.2 Å². The highest BCUT2D eigenvalue weighted by atomic mass is 35.5. The largest absolute Gasteiger partial charge is 0.492 e. The molecule has 0 aromatic heterocycles. The first-order valence-electron chi connectivity index (χ1n) is 10.0. The summed E-state index contributed by atoms with van der Waals surface area (Å²) >= 11 is 6.11. The molecule has 0 radical (unpaired) electrons. The Balaban J connectivity index is 2.10. The number of benzene rings is 2. The van der Waals surface area contributed by atoms with E-state index in [4.69, 9.17) is 21.4 Å². The lowest BCUT2D eigenvalue weighted by atomic mass is 10.0. The van der Waals surface area contributed by atoms with Crippen molar-refractivity contribution in [3.63, 3.8) is 0 Å². The number of carboxylic acids is 1. The third-order valence-electron chi connectivity index (χ3n) is 4.65. The van der Waals surface area contributed by atoms with E-state index in [-0.39, 0.29) is 10.7 Å². The van der Waals surface area contributed by atoms with Crippen molar-refractivity contribution in [2.24, 2.45) is 0 Å². The molecule has 0 saturated heterocycles. The van der Waals surface area contributed by atoms with Gasteiger partial charge in [0.05, 0.1) is 17.2 Å². The number of nitrogens with one attached hydrogen (secondary N) is 1. The highest BCUT2D eigenvalue weighted by molar-refractivity contribution is 6.32. The average Bonchev–Trinajstić information content (AvgIpc) is 2.74. The first-order chi connectivity index (χ1) is 15.2. The van der Waals surface area contributed by atoms with E-state index in [2.05, 4.69) is 12.2 Å². The average molecular weight is 476 g/mol. The zero-order valence-electron chi connectivity index (χ0n) is 17.2. The number of carbonyl (C=O) groups excluding carboxylic acids is 1. The van der Waals surface area contributed by atoms with Gasteiger partial charge in [0.15, 0.2) is 23.3 Å². The maximum atomic E-state index is 14.1. The van der Waals surface area contributed by atoms with Crippen LogP contribution in [-0.2, 0) is 0 Å². The monoisotopic (exact) mass is 475 g/mol. The number of aromatic carboxylic acids is 1. The molecule has 1 amide bonds. The second-order valence-electron chi connectivity index (χ2n) is 7.03. The second kappa shape index (κ2) is 11.7. The highest BCUT2D eigenvalue weighted by Crippen LogP contribution is 2.30. The minimum atomic E-state index is -2.33. The van der Waals surface area contributed by atoms with Crippen LogP contribution in [0.25, 0.3) is 0 Å². The highest BCUT2D eigenvalue weighted by Gasteiger charge is 2.32. The van der Waals surface area contributed by atoms with Crippen LogP contribution in [0, 0.1) is 23.3 Å². The Morgan fingerprint density at radius 1 is 0.938 bits per heavy atom. The van der Waals surface area contributed by atoms with Crippen molar-refractivity contribution < 1.29 is 37.0 Å². The number of ether oxygens (including phenoxy) is 1. The number of hydrogen-bond donors (Lipinski definition) is 2. The fourth-order valence-corrected chi connectivity index (χ4v) is 3.23. The van der Waals surface area contributed by atoms with Crippen molar-refractivity contribution in [2.45, 2.75) is 45.4 Å². The molecule has 2 rings (SSSR count). The minimum Gasteiger partial charge on any atom is -0.492 e. The molecule has 174 valence electrons. The van der Waals surface area contributed by atoms with Crippen molar-refractivity contribution in [3.05, 3.63) is 57.6 Å². The number of anilines is 1. The summed E-state index contributed by atoms with van der Waals surface area (Å²) in [6.07, 6.45) is 6.46. The van der Waals surface area contributed by atoms with Gasteiger partial charge in [0.1, 0.15) is 11.3 Å². The van der Waals surface area contributed by atoms with Gasteiger partial charge in [-0.15, -0.1) is 0 Å². The Kier molecular flexibility index (Phi) is 9.31. The van der Waals surface area contributed by atoms with Gasteiger partial charge in [0.2, 0.25) is 0 Å². The molecule has 2 aromatic carbocycles. The van der Waals surface area contributed by atoms with E-state index in [1.807, 2.05) is 0 Å². The molecule has 32 heavy (non-hydrogen) atoms. The summed E-state index contributed by atoms with van der Waals surface area (Å²) in [5, 5.41) is 11.2. The van der Waals surface area contributed by atoms with Crippen molar-refractivity contribution in [1.82, 2.24) is 0 Å². The Hall–Kier alpha value is -2.81. The number of carboxylic acid groups (broad SMARTS) is 1. The van der Waals surface area contributed by atoms with Gasteiger partial charge >= 0.3 is 5.97 Å². The molecule has 5 nitrogen and oxygen atoms in total. The van der Waals surface area contributed by atoms with Crippen LogP contribution >= 0.6 is 11.6 Å². The molecule has 0 saturated carbocycles. The molecule has 0 heterocycles. The zero-order valence-corrected chi connectivity index (χ0v) is 18.0. The van der Waals surface area contributed by atoms with E-state index < -0.39 is 46.3 Å². The van der Waals surface area contributed by atoms with E-state index in [0.29, 0.717) is 12.4 Å². The van der Waals surface area contributed by atoms with Crippen molar-refractivity contribution in [2.75, 3.05) is 11.9 Å². The Morgan fingerprint density at radius 3 is 2.12 bits per heavy atom. The van der Waals surface area contributed by atoms with Gasteiger partial charge in [-0.25, -0.2) is 22.4 Å². The molecular weight excluding hydrogens is 454 g/mol. The molecule has 2 N–H and O–H groups in total. The fourth-order valence-electron chi connectivity index (χ4n) is 3.00. The molecule has 0 aliphatic heterocycles. The summed E-state index contributed by atoms with van der Waals surface area (Å²) < 4.78 is 60.4. The van der Waals surface area contributed by atoms with Crippen LogP contribution < -0.4 is 10.1 Å². The van der Waals surface area contributed by atoms with Gasteiger partial charge in [-0.3, -0.25) is 4.79 Å². The SMILES string of the molecule is CCCCCCCCOc1ccc(NC(=O)c2c(F)c(F)c(F)c(F)c2C(=O)O)cc1Cl. The maximum absolute atomic E-state index is 14.1. The summed E-state index contributed by atoms with van der Waals surface area (Å²) in [6, 6.07) is 3.99. The quantitative estimate of drug-likeness (QED) is 0.166. The van der Waals surface area contributed by atoms with Crippen LogP contribution in [0.3, 0.4) is 0 Å². The number of hydrogen-bond acceptors (Lipinski definition) is 3. The molecule has 10 heteroatoms. The predicted octanol–water partition coefficient (Wildman–Crippen LogP) is 6.59. The van der Waals surface area contributed by atoms with Crippen LogP contribution in [-0.4, -0.2) is 23.6 Å². The first-order valence-corrected chi connectivity index (χ1v) is 10.4. The summed E-state index contributed by atoms with van der Waals surface area (Å²) in [4.78, 5) is 23.5. The number of rotatable bonds is 11. The third-order valence-corrected chi connectivity index (χ3v) is 4.95. The molecule has 0 aliphatic carbocycles. The summed E-state index contributed by atoms with van der Waals surface area (Å²) in [6.45, 7) is 2.56. The number of halogens is 5. The van der Waals surface area contributed by atoms with Crippen molar-refractivity contribution in [1.29, 1.82) is 0 Å². The van der Waals surface area contributed by atoms with Crippen molar-refractivity contribution >= 4 is 29.2 Å². The minimum absolute atomic E-state index is 0.0206. The first kappa shape index (κ1) is 25.5. The molecule has 0 unspecified atom stereocenters. The van der Waals surface area contributed by atoms with Crippen LogP contribution in [0.1, 0.15) is 66.2 Å². The molecule has 0 aliphatic rings. The molecule has 0 bridgehead atoms. The van der Waals surface area contributed by atoms with Gasteiger partial charge in [-0.1, -0.05) is 50.6 Å². The Bertz CT molecular complexity index is 1000. The van der Waals surface area contributed by atoms with Crippen LogP contribution in [0.2, 0.25) is 5.02 Å². The van der Waals surface area contributed by atoms with Gasteiger partial charge in [-0.05, 0) is 24.6 Å². The van der Waals surface area contributed by atoms with Gasteiger partial charge < -0.3 is 15.2 Å². The Labute approximate surface area is 187 Å². The van der Waals surface area contributed by atoms with E-state index in [0.717, 1.165) is 32.1 Å². The van der Waals surface area contributed by atoms with Gasteiger partial charge in [0, 0.05) is 5.69 Å². The lowest BCUT2D eigenvalue weighted by Crippen LogP contribution is -2.22. The normalized spacial score (nSPS) is 10.8. The number of carbonyl (C=O) groups is 2. The fraction of sp³-hybridized carbons (Fsp3) is 0.364. The molecule has 2 aromatic rings. The molecule has 0 atom stereocenters. The maximum Gasteiger partial charge on any atom is 0.339 e. The summed E-state index contributed by atoms with van der Waals surface area (Å²) in [5.41, 5.74) is -3.12. The van der Waals surface area contributed by atoms with Crippen LogP contribution in [0.5, 0.6) is 5.75 Å². The van der Waals surface area contributed by atoms with E-state index in [9.17, 15) is 27.2 Å². The lowest BCUT2D eigenvalue weighted by Gasteiger charge is -2.13. The number of amides is 1. The lowest BCUT2D eigenvalue weighted by molar-refractivity contribution is 0.0684. The molecule has 0 spiro atoms. The van der Waals surface area contributed by atoms with Gasteiger partial charge in [0.25, 0.3) is 5.91 Å². The van der Waals surface area contributed by atoms with E-state index in [1.165, 1.54) is 24.6 Å². The smallest absolute Gasteiger partial charge is 0.339 e. The summed E-state index contributed by atoms with van der Waals surface area (Å²) in [7, 11) is 0. The third kappa shape index (κ3) is 6.12. The Morgan fingerprint density at radius 2 is 1.53 bits per heavy atom. The van der Waals surface area contributed by atoms with E-state index in [1.54, 1.807) is 0 Å². The molecule has 0 fully saturated rings.